The Morgan fingerprint density at radius 3 is 2.62 bits per heavy atom. The van der Waals surface area contributed by atoms with Gasteiger partial charge in [0, 0.05) is 25.5 Å². The Morgan fingerprint density at radius 1 is 1.23 bits per heavy atom. The van der Waals surface area contributed by atoms with Crippen molar-refractivity contribution in [3.05, 3.63) is 53.5 Å². The van der Waals surface area contributed by atoms with Crippen LogP contribution < -0.4 is 10.5 Å². The Balaban J connectivity index is 2.00. The summed E-state index contributed by atoms with van der Waals surface area (Å²) in [5.74, 6) is 1.64. The minimum atomic E-state index is 0.501. The van der Waals surface area contributed by atoms with Crippen molar-refractivity contribution in [2.45, 2.75) is 19.8 Å². The number of nitrogens with two attached hydrogens (primary N) is 1. The Labute approximate surface area is 152 Å². The summed E-state index contributed by atoms with van der Waals surface area (Å²) in [6, 6.07) is 9.22. The van der Waals surface area contributed by atoms with Crippen molar-refractivity contribution in [1.29, 1.82) is 5.26 Å². The van der Waals surface area contributed by atoms with E-state index in [9.17, 15) is 5.26 Å². The second-order valence-corrected chi connectivity index (χ2v) is 5.83. The van der Waals surface area contributed by atoms with E-state index in [1.807, 2.05) is 20.0 Å². The van der Waals surface area contributed by atoms with Gasteiger partial charge in [0.15, 0.2) is 5.82 Å². The lowest BCUT2D eigenvalue weighted by molar-refractivity contribution is 0.431. The number of aryl methyl sites for hydroxylation is 2. The summed E-state index contributed by atoms with van der Waals surface area (Å²) in [6.07, 6.45) is 5.06. The van der Waals surface area contributed by atoms with Gasteiger partial charge in [-0.05, 0) is 43.1 Å². The predicted molar refractivity (Wildman–Crippen MR) is 97.6 cm³/mol. The minimum absolute atomic E-state index is 0.501. The Bertz CT molecular complexity index is 940. The normalized spacial score (nSPS) is 10.5. The van der Waals surface area contributed by atoms with Crippen molar-refractivity contribution in [3.8, 4) is 29.1 Å². The van der Waals surface area contributed by atoms with Gasteiger partial charge in [0.05, 0.1) is 22.9 Å². The lowest BCUT2D eigenvalue weighted by Gasteiger charge is -2.11. The van der Waals surface area contributed by atoms with Crippen LogP contribution >= 0.6 is 0 Å². The van der Waals surface area contributed by atoms with Crippen LogP contribution in [0.2, 0.25) is 0 Å². The van der Waals surface area contributed by atoms with Gasteiger partial charge in [-0.15, -0.1) is 0 Å². The zero-order chi connectivity index (χ0) is 18.5. The SMILES string of the molecule is CCc1cc(Oc2cc(C#N)ccc2-c2ncc(CCN)cn2)n(C)n1. The number of rotatable bonds is 6. The first-order chi connectivity index (χ1) is 12.6. The van der Waals surface area contributed by atoms with Crippen LogP contribution in [-0.4, -0.2) is 26.3 Å². The first-order valence-corrected chi connectivity index (χ1v) is 8.41. The van der Waals surface area contributed by atoms with Gasteiger partial charge in [0.1, 0.15) is 5.75 Å². The van der Waals surface area contributed by atoms with Gasteiger partial charge in [-0.1, -0.05) is 6.92 Å². The number of nitriles is 1. The molecular weight excluding hydrogens is 328 g/mol. The molecule has 0 aliphatic heterocycles. The first-order valence-electron chi connectivity index (χ1n) is 8.41. The molecule has 0 bridgehead atoms. The third-order valence-corrected chi connectivity index (χ3v) is 3.95. The Hall–Kier alpha value is -3.24. The van der Waals surface area contributed by atoms with E-state index in [0.29, 0.717) is 35.1 Å². The molecule has 0 radical (unpaired) electrons. The molecular formula is C19H20N6O. The van der Waals surface area contributed by atoms with Crippen molar-refractivity contribution < 1.29 is 4.74 Å². The highest BCUT2D eigenvalue weighted by Gasteiger charge is 2.14. The molecule has 2 heterocycles. The average molecular weight is 348 g/mol. The molecule has 0 unspecified atom stereocenters. The molecule has 0 saturated heterocycles. The molecule has 0 amide bonds. The Kier molecular flexibility index (Phi) is 5.25. The van der Waals surface area contributed by atoms with Gasteiger partial charge < -0.3 is 10.5 Å². The zero-order valence-corrected chi connectivity index (χ0v) is 14.8. The topological polar surface area (TPSA) is 103 Å². The summed E-state index contributed by atoms with van der Waals surface area (Å²) in [5, 5.41) is 13.6. The summed E-state index contributed by atoms with van der Waals surface area (Å²) < 4.78 is 7.72. The van der Waals surface area contributed by atoms with Crippen LogP contribution in [0, 0.1) is 11.3 Å². The molecule has 132 valence electrons. The van der Waals surface area contributed by atoms with Crippen molar-refractivity contribution >= 4 is 0 Å². The number of benzene rings is 1. The standard InChI is InChI=1S/C19H20N6O/c1-3-15-9-18(25(2)24-15)26-17-8-13(10-21)4-5-16(17)19-22-11-14(6-7-20)12-23-19/h4-5,8-9,11-12H,3,6-7,20H2,1-2H3. The number of hydrogen-bond donors (Lipinski definition) is 1. The third-order valence-electron chi connectivity index (χ3n) is 3.95. The second-order valence-electron chi connectivity index (χ2n) is 5.83. The monoisotopic (exact) mass is 348 g/mol. The largest absolute Gasteiger partial charge is 0.438 e. The van der Waals surface area contributed by atoms with Crippen molar-refractivity contribution in [2.75, 3.05) is 6.54 Å². The van der Waals surface area contributed by atoms with E-state index in [0.717, 1.165) is 24.1 Å². The van der Waals surface area contributed by atoms with Crippen LogP contribution in [0.25, 0.3) is 11.4 Å². The van der Waals surface area contributed by atoms with E-state index in [1.165, 1.54) is 0 Å². The van der Waals surface area contributed by atoms with Gasteiger partial charge in [-0.3, -0.25) is 0 Å². The lowest BCUT2D eigenvalue weighted by atomic mass is 10.1. The molecule has 2 N–H and O–H groups in total. The molecule has 1 aromatic carbocycles. The van der Waals surface area contributed by atoms with Crippen molar-refractivity contribution in [1.82, 2.24) is 19.7 Å². The maximum atomic E-state index is 9.22. The summed E-state index contributed by atoms with van der Waals surface area (Å²) in [7, 11) is 1.82. The van der Waals surface area contributed by atoms with Gasteiger partial charge >= 0.3 is 0 Å². The maximum absolute atomic E-state index is 9.22. The number of ether oxygens (including phenoxy) is 1. The van der Waals surface area contributed by atoms with E-state index < -0.39 is 0 Å². The van der Waals surface area contributed by atoms with Crippen LogP contribution in [0.4, 0.5) is 0 Å². The molecule has 0 aliphatic rings. The molecule has 3 rings (SSSR count). The molecule has 3 aromatic rings. The quantitative estimate of drug-likeness (QED) is 0.734. The molecule has 26 heavy (non-hydrogen) atoms. The van der Waals surface area contributed by atoms with Crippen LogP contribution in [-0.2, 0) is 19.9 Å². The highest BCUT2D eigenvalue weighted by molar-refractivity contribution is 5.66. The molecule has 0 saturated carbocycles. The fourth-order valence-electron chi connectivity index (χ4n) is 2.54. The summed E-state index contributed by atoms with van der Waals surface area (Å²) in [4.78, 5) is 8.83. The fraction of sp³-hybridized carbons (Fsp3) is 0.263. The van der Waals surface area contributed by atoms with Gasteiger partial charge in [-0.25, -0.2) is 14.6 Å². The van der Waals surface area contributed by atoms with Gasteiger partial charge in [-0.2, -0.15) is 10.4 Å². The second kappa shape index (κ2) is 7.76. The van der Waals surface area contributed by atoms with E-state index >= 15 is 0 Å². The van der Waals surface area contributed by atoms with Crippen LogP contribution in [0.1, 0.15) is 23.7 Å². The molecule has 0 spiro atoms. The van der Waals surface area contributed by atoms with E-state index in [-0.39, 0.29) is 0 Å². The number of nitrogens with zero attached hydrogens (tertiary/aromatic N) is 5. The molecule has 0 aliphatic carbocycles. The summed E-state index contributed by atoms with van der Waals surface area (Å²) >= 11 is 0. The van der Waals surface area contributed by atoms with E-state index in [2.05, 4.69) is 21.1 Å². The molecule has 0 atom stereocenters. The fourth-order valence-corrected chi connectivity index (χ4v) is 2.54. The van der Waals surface area contributed by atoms with E-state index in [4.69, 9.17) is 10.5 Å². The van der Waals surface area contributed by atoms with Crippen molar-refractivity contribution in [2.24, 2.45) is 12.8 Å². The number of hydrogen-bond acceptors (Lipinski definition) is 6. The summed E-state index contributed by atoms with van der Waals surface area (Å²) in [6.45, 7) is 2.58. The third kappa shape index (κ3) is 3.71. The predicted octanol–water partition coefficient (Wildman–Crippen LogP) is 2.60. The molecule has 0 fully saturated rings. The highest BCUT2D eigenvalue weighted by atomic mass is 16.5. The zero-order valence-electron chi connectivity index (χ0n) is 14.8. The van der Waals surface area contributed by atoms with Crippen LogP contribution in [0.3, 0.4) is 0 Å². The number of aromatic nitrogens is 4. The van der Waals surface area contributed by atoms with Crippen LogP contribution in [0.5, 0.6) is 11.6 Å². The average Bonchev–Trinajstić information content (AvgIpc) is 3.02. The smallest absolute Gasteiger partial charge is 0.217 e. The first kappa shape index (κ1) is 17.6. The van der Waals surface area contributed by atoms with Crippen LogP contribution in [0.15, 0.2) is 36.7 Å². The van der Waals surface area contributed by atoms with Crippen molar-refractivity contribution in [3.63, 3.8) is 0 Å². The molecule has 7 heteroatoms. The molecule has 7 nitrogen and oxygen atoms in total. The highest BCUT2D eigenvalue weighted by Crippen LogP contribution is 2.32. The Morgan fingerprint density at radius 2 is 2.00 bits per heavy atom. The van der Waals surface area contributed by atoms with E-state index in [1.54, 1.807) is 35.3 Å². The maximum Gasteiger partial charge on any atom is 0.217 e. The molecule has 2 aromatic heterocycles. The summed E-state index contributed by atoms with van der Waals surface area (Å²) in [5.41, 5.74) is 8.69. The lowest BCUT2D eigenvalue weighted by Crippen LogP contribution is -2.04. The van der Waals surface area contributed by atoms with Gasteiger partial charge in [0.2, 0.25) is 5.88 Å². The minimum Gasteiger partial charge on any atom is -0.438 e. The van der Waals surface area contributed by atoms with Gasteiger partial charge in [0.25, 0.3) is 0 Å².